The van der Waals surface area contributed by atoms with E-state index in [2.05, 4.69) is 9.88 Å². The van der Waals surface area contributed by atoms with Crippen LogP contribution in [-0.2, 0) is 6.54 Å². The molecule has 96 valence electrons. The lowest BCUT2D eigenvalue weighted by Crippen LogP contribution is -2.40. The molecule has 0 amide bonds. The van der Waals surface area contributed by atoms with Crippen LogP contribution in [0, 0.1) is 6.92 Å². The van der Waals surface area contributed by atoms with E-state index in [1.165, 1.54) is 0 Å². The fraction of sp³-hybridized carbons (Fsp3) is 0.643. The number of hydrogen-bond acceptors (Lipinski definition) is 3. The Labute approximate surface area is 104 Å². The predicted octanol–water partition coefficient (Wildman–Crippen LogP) is 2.37. The van der Waals surface area contributed by atoms with Gasteiger partial charge < -0.3 is 5.11 Å². The summed E-state index contributed by atoms with van der Waals surface area (Å²) in [4.78, 5) is 6.61. The van der Waals surface area contributed by atoms with E-state index >= 15 is 0 Å². The third-order valence-electron chi connectivity index (χ3n) is 3.26. The molecular weight excluding hydrogens is 212 g/mol. The minimum absolute atomic E-state index is 0.571. The van der Waals surface area contributed by atoms with Gasteiger partial charge in [0.15, 0.2) is 0 Å². The summed E-state index contributed by atoms with van der Waals surface area (Å²) >= 11 is 0. The highest BCUT2D eigenvalue weighted by atomic mass is 16.3. The first-order valence-electron chi connectivity index (χ1n) is 6.32. The summed E-state index contributed by atoms with van der Waals surface area (Å²) in [6, 6.07) is 6.05. The van der Waals surface area contributed by atoms with Gasteiger partial charge in [0.2, 0.25) is 0 Å². The van der Waals surface area contributed by atoms with Crippen LogP contribution in [0.15, 0.2) is 18.2 Å². The second-order valence-electron chi connectivity index (χ2n) is 4.87. The topological polar surface area (TPSA) is 36.4 Å². The smallest absolute Gasteiger partial charge is 0.0768 e. The number of aryl methyl sites for hydroxylation is 1. The first-order chi connectivity index (χ1) is 7.99. The van der Waals surface area contributed by atoms with E-state index in [9.17, 15) is 5.11 Å². The van der Waals surface area contributed by atoms with Gasteiger partial charge in [-0.25, -0.2) is 0 Å². The van der Waals surface area contributed by atoms with Gasteiger partial charge in [-0.05, 0) is 38.9 Å². The Morgan fingerprint density at radius 3 is 2.47 bits per heavy atom. The molecule has 1 aromatic heterocycles. The maximum absolute atomic E-state index is 10.3. The van der Waals surface area contributed by atoms with Crippen molar-refractivity contribution in [2.45, 2.75) is 45.8 Å². The molecule has 0 atom stereocenters. The fourth-order valence-electron chi connectivity index (χ4n) is 2.00. The van der Waals surface area contributed by atoms with E-state index in [1.807, 2.05) is 46.0 Å². The van der Waals surface area contributed by atoms with E-state index in [4.69, 9.17) is 0 Å². The zero-order valence-corrected chi connectivity index (χ0v) is 11.4. The lowest BCUT2D eigenvalue weighted by atomic mass is 9.97. The summed E-state index contributed by atoms with van der Waals surface area (Å²) in [6.07, 6.45) is 1.57. The van der Waals surface area contributed by atoms with Crippen molar-refractivity contribution in [3.8, 4) is 0 Å². The van der Waals surface area contributed by atoms with E-state index in [-0.39, 0.29) is 0 Å². The molecule has 1 aromatic rings. The lowest BCUT2D eigenvalue weighted by Gasteiger charge is -2.30. The molecule has 1 heterocycles. The maximum atomic E-state index is 10.3. The normalized spacial score (nSPS) is 12.1. The molecular formula is C14H24N2O. The molecule has 0 saturated carbocycles. The van der Waals surface area contributed by atoms with Crippen LogP contribution in [0.5, 0.6) is 0 Å². The largest absolute Gasteiger partial charge is 0.389 e. The van der Waals surface area contributed by atoms with Crippen molar-refractivity contribution in [1.82, 2.24) is 9.88 Å². The summed E-state index contributed by atoms with van der Waals surface area (Å²) in [6.45, 7) is 7.53. The number of pyridine rings is 1. The van der Waals surface area contributed by atoms with Crippen molar-refractivity contribution >= 4 is 0 Å². The van der Waals surface area contributed by atoms with Crippen LogP contribution >= 0.6 is 0 Å². The second kappa shape index (κ2) is 6.12. The quantitative estimate of drug-likeness (QED) is 0.824. The van der Waals surface area contributed by atoms with Crippen LogP contribution in [-0.4, -0.2) is 34.2 Å². The summed E-state index contributed by atoms with van der Waals surface area (Å²) in [7, 11) is 2.03. The maximum Gasteiger partial charge on any atom is 0.0768 e. The number of aromatic nitrogens is 1. The third kappa shape index (κ3) is 4.44. The Balaban J connectivity index is 2.58. The molecule has 1 rings (SSSR count). The summed E-state index contributed by atoms with van der Waals surface area (Å²) < 4.78 is 0. The molecule has 17 heavy (non-hydrogen) atoms. The van der Waals surface area contributed by atoms with Crippen LogP contribution in [0.1, 0.15) is 38.1 Å². The molecule has 0 saturated heterocycles. The molecule has 0 radical (unpaired) electrons. The monoisotopic (exact) mass is 236 g/mol. The SMILES string of the molecule is CCC(O)(CC)CN(C)Cc1cccc(C)n1. The first-order valence-corrected chi connectivity index (χ1v) is 6.32. The van der Waals surface area contributed by atoms with Crippen LogP contribution in [0.2, 0.25) is 0 Å². The van der Waals surface area contributed by atoms with Crippen LogP contribution < -0.4 is 0 Å². The Kier molecular flexibility index (Phi) is 5.09. The molecule has 0 aliphatic carbocycles. The van der Waals surface area contributed by atoms with Crippen molar-refractivity contribution in [1.29, 1.82) is 0 Å². The number of rotatable bonds is 6. The van der Waals surface area contributed by atoms with Gasteiger partial charge in [0.25, 0.3) is 0 Å². The van der Waals surface area contributed by atoms with E-state index < -0.39 is 5.60 Å². The van der Waals surface area contributed by atoms with Gasteiger partial charge in [-0.15, -0.1) is 0 Å². The summed E-state index contributed by atoms with van der Waals surface area (Å²) in [5, 5.41) is 10.3. The number of likely N-dealkylation sites (N-methyl/N-ethyl adjacent to an activating group) is 1. The highest BCUT2D eigenvalue weighted by molar-refractivity contribution is 5.09. The van der Waals surface area contributed by atoms with Gasteiger partial charge in [-0.1, -0.05) is 19.9 Å². The van der Waals surface area contributed by atoms with Crippen molar-refractivity contribution < 1.29 is 5.11 Å². The van der Waals surface area contributed by atoms with E-state index in [0.29, 0.717) is 6.54 Å². The van der Waals surface area contributed by atoms with E-state index in [1.54, 1.807) is 0 Å². The van der Waals surface area contributed by atoms with Gasteiger partial charge in [-0.3, -0.25) is 9.88 Å². The Hall–Kier alpha value is -0.930. The van der Waals surface area contributed by atoms with Gasteiger partial charge >= 0.3 is 0 Å². The van der Waals surface area contributed by atoms with Crippen molar-refractivity contribution in [2.24, 2.45) is 0 Å². The van der Waals surface area contributed by atoms with Crippen LogP contribution in [0.4, 0.5) is 0 Å². The summed E-state index contributed by atoms with van der Waals surface area (Å²) in [5.41, 5.74) is 1.53. The van der Waals surface area contributed by atoms with Gasteiger partial charge in [0, 0.05) is 18.8 Å². The highest BCUT2D eigenvalue weighted by Crippen LogP contribution is 2.16. The molecule has 0 fully saturated rings. The van der Waals surface area contributed by atoms with Gasteiger partial charge in [-0.2, -0.15) is 0 Å². The third-order valence-corrected chi connectivity index (χ3v) is 3.26. The minimum Gasteiger partial charge on any atom is -0.389 e. The lowest BCUT2D eigenvalue weighted by molar-refractivity contribution is 0.00107. The molecule has 3 heteroatoms. The average Bonchev–Trinajstić information content (AvgIpc) is 2.28. The molecule has 0 aromatic carbocycles. The number of aliphatic hydroxyl groups is 1. The van der Waals surface area contributed by atoms with Gasteiger partial charge in [0.05, 0.1) is 11.3 Å². The molecule has 0 bridgehead atoms. The zero-order chi connectivity index (χ0) is 12.9. The van der Waals surface area contributed by atoms with Crippen molar-refractivity contribution in [3.63, 3.8) is 0 Å². The number of nitrogens with zero attached hydrogens (tertiary/aromatic N) is 2. The number of hydrogen-bond donors (Lipinski definition) is 1. The Bertz CT molecular complexity index is 348. The second-order valence-corrected chi connectivity index (χ2v) is 4.87. The molecule has 1 N–H and O–H groups in total. The van der Waals surface area contributed by atoms with E-state index in [0.717, 1.165) is 30.8 Å². The summed E-state index contributed by atoms with van der Waals surface area (Å²) in [5.74, 6) is 0. The van der Waals surface area contributed by atoms with Crippen molar-refractivity contribution in [3.05, 3.63) is 29.6 Å². The van der Waals surface area contributed by atoms with Crippen LogP contribution in [0.25, 0.3) is 0 Å². The molecule has 0 aliphatic heterocycles. The Morgan fingerprint density at radius 1 is 1.29 bits per heavy atom. The molecule has 0 spiro atoms. The fourth-order valence-corrected chi connectivity index (χ4v) is 2.00. The minimum atomic E-state index is -0.571. The highest BCUT2D eigenvalue weighted by Gasteiger charge is 2.23. The zero-order valence-electron chi connectivity index (χ0n) is 11.4. The Morgan fingerprint density at radius 2 is 1.94 bits per heavy atom. The molecule has 3 nitrogen and oxygen atoms in total. The average molecular weight is 236 g/mol. The molecule has 0 aliphatic rings. The predicted molar refractivity (Wildman–Crippen MR) is 70.8 cm³/mol. The molecule has 0 unspecified atom stereocenters. The standard InChI is InChI=1S/C14H24N2O/c1-5-14(17,6-2)11-16(4)10-13-9-7-8-12(3)15-13/h7-9,17H,5-6,10-11H2,1-4H3. The van der Waals surface area contributed by atoms with Crippen LogP contribution in [0.3, 0.4) is 0 Å². The van der Waals surface area contributed by atoms with Crippen molar-refractivity contribution in [2.75, 3.05) is 13.6 Å². The first kappa shape index (κ1) is 14.1. The van der Waals surface area contributed by atoms with Gasteiger partial charge in [0.1, 0.15) is 0 Å².